The van der Waals surface area contributed by atoms with Gasteiger partial charge in [0, 0.05) is 16.3 Å². The molecule has 3 heterocycles. The Bertz CT molecular complexity index is 1130. The van der Waals surface area contributed by atoms with Crippen LogP contribution in [0.1, 0.15) is 49.1 Å². The van der Waals surface area contributed by atoms with Crippen molar-refractivity contribution in [3.05, 3.63) is 67.0 Å². The summed E-state index contributed by atoms with van der Waals surface area (Å²) in [6.07, 6.45) is 1.80. The minimum Gasteiger partial charge on any atom is -0.497 e. The van der Waals surface area contributed by atoms with Crippen LogP contribution in [0.3, 0.4) is 0 Å². The minimum absolute atomic E-state index is 0.200. The van der Waals surface area contributed by atoms with Crippen LogP contribution in [0.2, 0.25) is 0 Å². The summed E-state index contributed by atoms with van der Waals surface area (Å²) in [5.74, 6) is 0.322. The minimum atomic E-state index is -0.454. The molecule has 1 aliphatic heterocycles. The lowest BCUT2D eigenvalue weighted by atomic mass is 9.92. The van der Waals surface area contributed by atoms with Gasteiger partial charge in [-0.3, -0.25) is 0 Å². The highest BCUT2D eigenvalue weighted by molar-refractivity contribution is 7.12. The maximum Gasteiger partial charge on any atom is 0.350 e. The fraction of sp³-hybridized carbons (Fsp3) is 0.333. The Morgan fingerprint density at radius 1 is 1.19 bits per heavy atom. The first-order valence-corrected chi connectivity index (χ1v) is 12.2. The van der Waals surface area contributed by atoms with Gasteiger partial charge in [0.2, 0.25) is 0 Å². The smallest absolute Gasteiger partial charge is 0.350 e. The molecule has 3 aromatic rings. The fourth-order valence-corrected chi connectivity index (χ4v) is 6.50. The zero-order chi connectivity index (χ0) is 22.8. The third kappa shape index (κ3) is 4.00. The van der Waals surface area contributed by atoms with Crippen LogP contribution in [-0.4, -0.2) is 37.7 Å². The molecule has 32 heavy (non-hydrogen) atoms. The van der Waals surface area contributed by atoms with Crippen molar-refractivity contribution in [1.29, 1.82) is 0 Å². The number of thiophene rings is 2. The van der Waals surface area contributed by atoms with E-state index < -0.39 is 5.97 Å². The third-order valence-corrected chi connectivity index (χ3v) is 7.97. The highest BCUT2D eigenvalue weighted by Gasteiger charge is 2.35. The predicted molar refractivity (Wildman–Crippen MR) is 128 cm³/mol. The summed E-state index contributed by atoms with van der Waals surface area (Å²) in [6.45, 7) is 4.93. The van der Waals surface area contributed by atoms with Crippen molar-refractivity contribution in [1.82, 2.24) is 4.90 Å². The Hall–Kier alpha value is -2.84. The quantitative estimate of drug-likeness (QED) is 0.489. The van der Waals surface area contributed by atoms with Gasteiger partial charge < -0.3 is 19.7 Å². The molecular weight excluding hydrogens is 444 g/mol. The Kier molecular flexibility index (Phi) is 6.53. The topological polar surface area (TPSA) is 67.9 Å². The Morgan fingerprint density at radius 2 is 1.94 bits per heavy atom. The SMILES string of the molecule is CCc1c(C)sc2c1CCN(C(=O)Nc1ccsc1C(=O)OC)C2c1ccc(OC)cc1. The van der Waals surface area contributed by atoms with E-state index in [9.17, 15) is 9.59 Å². The molecule has 6 nitrogen and oxygen atoms in total. The Balaban J connectivity index is 1.72. The molecule has 2 amide bonds. The van der Waals surface area contributed by atoms with Crippen molar-refractivity contribution in [2.45, 2.75) is 32.7 Å². The van der Waals surface area contributed by atoms with Crippen molar-refractivity contribution >= 4 is 40.4 Å². The number of nitrogens with zero attached hydrogens (tertiary/aromatic N) is 1. The van der Waals surface area contributed by atoms with E-state index in [4.69, 9.17) is 9.47 Å². The van der Waals surface area contributed by atoms with Gasteiger partial charge in [-0.2, -0.15) is 0 Å². The number of carbonyl (C=O) groups is 2. The highest BCUT2D eigenvalue weighted by Crippen LogP contribution is 2.43. The molecule has 0 aliphatic carbocycles. The fourth-order valence-electron chi connectivity index (χ4n) is 4.29. The number of fused-ring (bicyclic) bond motifs is 1. The number of esters is 1. The number of carbonyl (C=O) groups excluding carboxylic acids is 2. The summed E-state index contributed by atoms with van der Waals surface area (Å²) in [6, 6.07) is 9.19. The van der Waals surface area contributed by atoms with E-state index in [1.807, 2.05) is 29.2 Å². The average Bonchev–Trinajstić information content (AvgIpc) is 3.40. The normalized spacial score (nSPS) is 15.2. The number of urea groups is 1. The molecule has 2 aromatic heterocycles. The van der Waals surface area contributed by atoms with Gasteiger partial charge in [0.25, 0.3) is 0 Å². The molecule has 4 rings (SSSR count). The summed E-state index contributed by atoms with van der Waals surface area (Å²) in [5, 5.41) is 4.71. The van der Waals surface area contributed by atoms with Crippen LogP contribution >= 0.6 is 22.7 Å². The second-order valence-electron chi connectivity index (χ2n) is 7.54. The molecule has 1 N–H and O–H groups in total. The summed E-state index contributed by atoms with van der Waals surface area (Å²) < 4.78 is 10.2. The van der Waals surface area contributed by atoms with E-state index in [-0.39, 0.29) is 12.1 Å². The van der Waals surface area contributed by atoms with E-state index in [1.54, 1.807) is 29.9 Å². The van der Waals surface area contributed by atoms with E-state index in [1.165, 1.54) is 39.3 Å². The number of hydrogen-bond acceptors (Lipinski definition) is 6. The van der Waals surface area contributed by atoms with Crippen LogP contribution in [0.25, 0.3) is 0 Å². The molecule has 168 valence electrons. The highest BCUT2D eigenvalue weighted by atomic mass is 32.1. The third-order valence-electron chi connectivity index (χ3n) is 5.84. The molecule has 0 saturated carbocycles. The molecule has 1 aromatic carbocycles. The summed E-state index contributed by atoms with van der Waals surface area (Å²) >= 11 is 3.02. The van der Waals surface area contributed by atoms with Crippen LogP contribution in [-0.2, 0) is 17.6 Å². The first-order chi connectivity index (χ1) is 15.5. The maximum absolute atomic E-state index is 13.5. The molecule has 0 spiro atoms. The van der Waals surface area contributed by atoms with Crippen molar-refractivity contribution in [2.24, 2.45) is 0 Å². The standard InChI is InChI=1S/C24H26N2O4S2/c1-5-17-14(2)32-21-18(17)10-12-26(20(21)15-6-8-16(29-3)9-7-15)24(28)25-19-11-13-31-22(19)23(27)30-4/h6-9,11,13,20H,5,10,12H2,1-4H3,(H,25,28). The van der Waals surface area contributed by atoms with Crippen LogP contribution in [0.15, 0.2) is 35.7 Å². The van der Waals surface area contributed by atoms with Crippen molar-refractivity contribution in [3.8, 4) is 5.75 Å². The Labute approximate surface area is 195 Å². The van der Waals surface area contributed by atoms with E-state index in [0.717, 1.165) is 24.2 Å². The van der Waals surface area contributed by atoms with Crippen LogP contribution in [0, 0.1) is 6.92 Å². The first kappa shape index (κ1) is 22.4. The van der Waals surface area contributed by atoms with Crippen molar-refractivity contribution < 1.29 is 19.1 Å². The largest absolute Gasteiger partial charge is 0.497 e. The van der Waals surface area contributed by atoms with Crippen LogP contribution < -0.4 is 10.1 Å². The average molecular weight is 471 g/mol. The second-order valence-corrected chi connectivity index (χ2v) is 9.71. The number of nitrogens with one attached hydrogen (secondary N) is 1. The number of rotatable bonds is 5. The van der Waals surface area contributed by atoms with Gasteiger partial charge in [0.15, 0.2) is 0 Å². The number of amides is 2. The van der Waals surface area contributed by atoms with E-state index in [2.05, 4.69) is 19.2 Å². The monoisotopic (exact) mass is 470 g/mol. The lowest BCUT2D eigenvalue weighted by molar-refractivity contribution is 0.0607. The van der Waals surface area contributed by atoms with Crippen LogP contribution in [0.4, 0.5) is 10.5 Å². The number of methoxy groups -OCH3 is 2. The van der Waals surface area contributed by atoms with Gasteiger partial charge >= 0.3 is 12.0 Å². The molecule has 8 heteroatoms. The summed E-state index contributed by atoms with van der Waals surface area (Å²) in [7, 11) is 2.98. The molecule has 1 aliphatic rings. The lowest BCUT2D eigenvalue weighted by Crippen LogP contribution is -2.42. The van der Waals surface area contributed by atoms with Crippen molar-refractivity contribution in [2.75, 3.05) is 26.1 Å². The molecule has 0 bridgehead atoms. The van der Waals surface area contributed by atoms with Gasteiger partial charge in [-0.05, 0) is 60.0 Å². The zero-order valence-corrected chi connectivity index (χ0v) is 20.2. The second kappa shape index (κ2) is 9.34. The van der Waals surface area contributed by atoms with Gasteiger partial charge in [0.05, 0.1) is 25.9 Å². The number of benzene rings is 1. The Morgan fingerprint density at radius 3 is 2.59 bits per heavy atom. The van der Waals surface area contributed by atoms with E-state index >= 15 is 0 Å². The van der Waals surface area contributed by atoms with Gasteiger partial charge in [0.1, 0.15) is 10.6 Å². The zero-order valence-electron chi connectivity index (χ0n) is 18.6. The van der Waals surface area contributed by atoms with Crippen LogP contribution in [0.5, 0.6) is 5.75 Å². The van der Waals surface area contributed by atoms with Gasteiger partial charge in [-0.15, -0.1) is 22.7 Å². The number of anilines is 1. The molecule has 1 atom stereocenters. The summed E-state index contributed by atoms with van der Waals surface area (Å²) in [5.41, 5.74) is 4.27. The van der Waals surface area contributed by atoms with Gasteiger partial charge in [-0.1, -0.05) is 19.1 Å². The van der Waals surface area contributed by atoms with E-state index in [0.29, 0.717) is 17.1 Å². The maximum atomic E-state index is 13.5. The number of aryl methyl sites for hydroxylation is 1. The molecule has 1 unspecified atom stereocenters. The van der Waals surface area contributed by atoms with Gasteiger partial charge in [-0.25, -0.2) is 9.59 Å². The number of hydrogen-bond donors (Lipinski definition) is 1. The van der Waals surface area contributed by atoms with Crippen molar-refractivity contribution in [3.63, 3.8) is 0 Å². The molecular formula is C24H26N2O4S2. The first-order valence-electron chi connectivity index (χ1n) is 10.5. The molecule has 0 radical (unpaired) electrons. The molecule has 0 fully saturated rings. The molecule has 0 saturated heterocycles. The summed E-state index contributed by atoms with van der Waals surface area (Å²) in [4.78, 5) is 30.3. The lowest BCUT2D eigenvalue weighted by Gasteiger charge is -2.36. The predicted octanol–water partition coefficient (Wildman–Crippen LogP) is 5.66. The number of ether oxygens (including phenoxy) is 2.